The number of nitrogens with zero attached hydrogens (tertiary/aromatic N) is 1. The summed E-state index contributed by atoms with van der Waals surface area (Å²) in [6, 6.07) is 7.07. The molecule has 1 saturated carbocycles. The van der Waals surface area contributed by atoms with Gasteiger partial charge in [-0.05, 0) is 38.8 Å². The van der Waals surface area contributed by atoms with Crippen molar-refractivity contribution in [3.8, 4) is 5.75 Å². The smallest absolute Gasteiger partial charge is 0.232 e. The van der Waals surface area contributed by atoms with Gasteiger partial charge in [0.15, 0.2) is 0 Å². The molecule has 1 amide bonds. The molecule has 146 valence electrons. The Labute approximate surface area is 157 Å². The second-order valence-corrected chi connectivity index (χ2v) is 9.00. The van der Waals surface area contributed by atoms with E-state index in [-0.39, 0.29) is 31.0 Å². The molecule has 6 nitrogen and oxygen atoms in total. The molecule has 1 aliphatic carbocycles. The van der Waals surface area contributed by atoms with Crippen molar-refractivity contribution in [2.24, 2.45) is 5.92 Å². The van der Waals surface area contributed by atoms with Crippen molar-refractivity contribution >= 4 is 21.6 Å². The van der Waals surface area contributed by atoms with Crippen LogP contribution in [0.2, 0.25) is 0 Å². The molecular weight excluding hydrogens is 352 g/mol. The third-order valence-electron chi connectivity index (χ3n) is 4.49. The highest BCUT2D eigenvalue weighted by atomic mass is 32.2. The van der Waals surface area contributed by atoms with E-state index in [1.165, 1.54) is 17.0 Å². The standard InChI is InChI=1S/C19H30N2O4S/c1-15(2)25-18-12-8-7-11-17(18)21(26(3,23)24)14-13-20-19(22)16-9-5-4-6-10-16/h7-8,11-12,15-16H,4-6,9-10,13-14H2,1-3H3,(H,20,22). The van der Waals surface area contributed by atoms with E-state index in [1.54, 1.807) is 18.2 Å². The summed E-state index contributed by atoms with van der Waals surface area (Å²) in [4.78, 5) is 12.3. The van der Waals surface area contributed by atoms with Gasteiger partial charge in [-0.3, -0.25) is 9.10 Å². The molecule has 0 heterocycles. The fourth-order valence-electron chi connectivity index (χ4n) is 3.27. The minimum absolute atomic E-state index is 0.0323. The van der Waals surface area contributed by atoms with Crippen molar-refractivity contribution in [2.75, 3.05) is 23.7 Å². The van der Waals surface area contributed by atoms with Crippen molar-refractivity contribution in [3.63, 3.8) is 0 Å². The zero-order chi connectivity index (χ0) is 19.2. The van der Waals surface area contributed by atoms with Gasteiger partial charge in [0.2, 0.25) is 15.9 Å². The van der Waals surface area contributed by atoms with E-state index in [1.807, 2.05) is 19.9 Å². The Balaban J connectivity index is 2.06. The molecule has 2 rings (SSSR count). The van der Waals surface area contributed by atoms with Gasteiger partial charge in [0.1, 0.15) is 5.75 Å². The minimum atomic E-state index is -3.50. The SMILES string of the molecule is CC(C)Oc1ccccc1N(CCNC(=O)C1CCCCC1)S(C)(=O)=O. The number of carbonyl (C=O) groups excluding carboxylic acids is 1. The summed E-state index contributed by atoms with van der Waals surface area (Å²) < 4.78 is 31.7. The van der Waals surface area contributed by atoms with Crippen LogP contribution in [0.3, 0.4) is 0 Å². The molecule has 0 radical (unpaired) electrons. The molecule has 1 fully saturated rings. The van der Waals surface area contributed by atoms with Crippen molar-refractivity contribution in [2.45, 2.75) is 52.1 Å². The van der Waals surface area contributed by atoms with Crippen molar-refractivity contribution in [1.29, 1.82) is 0 Å². The van der Waals surface area contributed by atoms with Gasteiger partial charge < -0.3 is 10.1 Å². The third kappa shape index (κ3) is 5.90. The molecule has 0 unspecified atom stereocenters. The van der Waals surface area contributed by atoms with Crippen LogP contribution in [0, 0.1) is 5.92 Å². The van der Waals surface area contributed by atoms with Crippen LogP contribution in [0.4, 0.5) is 5.69 Å². The van der Waals surface area contributed by atoms with Gasteiger partial charge in [-0.15, -0.1) is 0 Å². The maximum atomic E-state index is 12.3. The Hall–Kier alpha value is -1.76. The van der Waals surface area contributed by atoms with Crippen LogP contribution in [0.1, 0.15) is 46.0 Å². The summed E-state index contributed by atoms with van der Waals surface area (Å²) in [7, 11) is -3.50. The average molecular weight is 383 g/mol. The maximum Gasteiger partial charge on any atom is 0.232 e. The first-order chi connectivity index (χ1) is 12.3. The predicted octanol–water partition coefficient (Wildman–Crippen LogP) is 2.94. The zero-order valence-electron chi connectivity index (χ0n) is 15.9. The van der Waals surface area contributed by atoms with Crippen LogP contribution in [0.25, 0.3) is 0 Å². The number of carbonyl (C=O) groups is 1. The first-order valence-corrected chi connectivity index (χ1v) is 11.1. The van der Waals surface area contributed by atoms with Gasteiger partial charge in [-0.1, -0.05) is 31.4 Å². The molecule has 0 spiro atoms. The Morgan fingerprint density at radius 2 is 1.88 bits per heavy atom. The number of benzene rings is 1. The molecule has 1 aromatic rings. The summed E-state index contributed by atoms with van der Waals surface area (Å²) in [5.74, 6) is 0.614. The Bertz CT molecular complexity index is 697. The largest absolute Gasteiger partial charge is 0.489 e. The number of amides is 1. The molecule has 0 atom stereocenters. The molecular formula is C19H30N2O4S. The van der Waals surface area contributed by atoms with E-state index in [4.69, 9.17) is 4.74 Å². The lowest BCUT2D eigenvalue weighted by Crippen LogP contribution is -2.40. The molecule has 26 heavy (non-hydrogen) atoms. The lowest BCUT2D eigenvalue weighted by atomic mass is 9.89. The van der Waals surface area contributed by atoms with Crippen LogP contribution in [0.15, 0.2) is 24.3 Å². The third-order valence-corrected chi connectivity index (χ3v) is 5.67. The zero-order valence-corrected chi connectivity index (χ0v) is 16.7. The minimum Gasteiger partial charge on any atom is -0.489 e. The molecule has 1 N–H and O–H groups in total. The van der Waals surface area contributed by atoms with Gasteiger partial charge >= 0.3 is 0 Å². The molecule has 0 saturated heterocycles. The van der Waals surface area contributed by atoms with Crippen molar-refractivity contribution in [1.82, 2.24) is 5.32 Å². The monoisotopic (exact) mass is 382 g/mol. The average Bonchev–Trinajstić information content (AvgIpc) is 2.58. The van der Waals surface area contributed by atoms with E-state index >= 15 is 0 Å². The second kappa shape index (κ2) is 9.26. The number of ether oxygens (including phenoxy) is 1. The number of hydrogen-bond acceptors (Lipinski definition) is 4. The van der Waals surface area contributed by atoms with Crippen LogP contribution >= 0.6 is 0 Å². The van der Waals surface area contributed by atoms with Crippen LogP contribution < -0.4 is 14.4 Å². The molecule has 1 aliphatic rings. The highest BCUT2D eigenvalue weighted by molar-refractivity contribution is 7.92. The molecule has 1 aromatic carbocycles. The van der Waals surface area contributed by atoms with Crippen LogP contribution in [-0.2, 0) is 14.8 Å². The Morgan fingerprint density at radius 3 is 2.50 bits per heavy atom. The predicted molar refractivity (Wildman–Crippen MR) is 104 cm³/mol. The van der Waals surface area contributed by atoms with E-state index < -0.39 is 10.0 Å². The fourth-order valence-corrected chi connectivity index (χ4v) is 4.20. The number of rotatable bonds is 8. The van der Waals surface area contributed by atoms with Gasteiger partial charge in [-0.25, -0.2) is 8.42 Å². The van der Waals surface area contributed by atoms with E-state index in [0.29, 0.717) is 11.4 Å². The van der Waals surface area contributed by atoms with E-state index in [9.17, 15) is 13.2 Å². The fraction of sp³-hybridized carbons (Fsp3) is 0.632. The second-order valence-electron chi connectivity index (χ2n) is 7.10. The quantitative estimate of drug-likeness (QED) is 0.750. The number of sulfonamides is 1. The van der Waals surface area contributed by atoms with Gasteiger partial charge in [0.25, 0.3) is 0 Å². The van der Waals surface area contributed by atoms with Crippen molar-refractivity contribution in [3.05, 3.63) is 24.3 Å². The van der Waals surface area contributed by atoms with Gasteiger partial charge in [-0.2, -0.15) is 0 Å². The maximum absolute atomic E-state index is 12.3. The van der Waals surface area contributed by atoms with E-state index in [0.717, 1.165) is 25.7 Å². The number of nitrogens with one attached hydrogen (secondary N) is 1. The first kappa shape index (κ1) is 20.6. The topological polar surface area (TPSA) is 75.7 Å². The normalized spacial score (nSPS) is 15.7. The van der Waals surface area contributed by atoms with Gasteiger partial charge in [0.05, 0.1) is 24.6 Å². The summed E-state index contributed by atoms with van der Waals surface area (Å²) in [5, 5.41) is 2.90. The number of para-hydroxylation sites is 2. The molecule has 7 heteroatoms. The molecule has 0 aromatic heterocycles. The van der Waals surface area contributed by atoms with Crippen molar-refractivity contribution < 1.29 is 17.9 Å². The summed E-state index contributed by atoms with van der Waals surface area (Å²) >= 11 is 0. The summed E-state index contributed by atoms with van der Waals surface area (Å²) in [6.45, 7) is 4.24. The lowest BCUT2D eigenvalue weighted by Gasteiger charge is -2.26. The number of anilines is 1. The van der Waals surface area contributed by atoms with Crippen LogP contribution in [0.5, 0.6) is 5.75 Å². The Kier molecular flexibility index (Phi) is 7.32. The summed E-state index contributed by atoms with van der Waals surface area (Å²) in [5.41, 5.74) is 0.496. The lowest BCUT2D eigenvalue weighted by molar-refractivity contribution is -0.125. The van der Waals surface area contributed by atoms with Gasteiger partial charge in [0, 0.05) is 12.5 Å². The highest BCUT2D eigenvalue weighted by Crippen LogP contribution is 2.30. The first-order valence-electron chi connectivity index (χ1n) is 9.30. The number of hydrogen-bond donors (Lipinski definition) is 1. The van der Waals surface area contributed by atoms with E-state index in [2.05, 4.69) is 5.32 Å². The molecule has 0 aliphatic heterocycles. The highest BCUT2D eigenvalue weighted by Gasteiger charge is 2.23. The molecule has 0 bridgehead atoms. The van der Waals surface area contributed by atoms with Crippen LogP contribution in [-0.4, -0.2) is 39.8 Å². The Morgan fingerprint density at radius 1 is 1.23 bits per heavy atom. The summed E-state index contributed by atoms with van der Waals surface area (Å²) in [6.07, 6.45) is 6.32.